The van der Waals surface area contributed by atoms with Crippen molar-refractivity contribution in [2.45, 2.75) is 103 Å². The molecule has 0 heterocycles. The molecule has 0 spiro atoms. The van der Waals surface area contributed by atoms with E-state index in [0.29, 0.717) is 24.1 Å². The van der Waals surface area contributed by atoms with Crippen LogP contribution in [-0.2, 0) is 23.4 Å². The van der Waals surface area contributed by atoms with Crippen molar-refractivity contribution in [1.29, 1.82) is 0 Å². The van der Waals surface area contributed by atoms with Gasteiger partial charge in [0.2, 0.25) is 0 Å². The van der Waals surface area contributed by atoms with Gasteiger partial charge in [0.15, 0.2) is 0 Å². The van der Waals surface area contributed by atoms with Crippen molar-refractivity contribution in [2.75, 3.05) is 53.7 Å². The summed E-state index contributed by atoms with van der Waals surface area (Å²) in [6, 6.07) is 0. The highest BCUT2D eigenvalue weighted by molar-refractivity contribution is 7.51. The van der Waals surface area contributed by atoms with Crippen LogP contribution >= 0.6 is 7.60 Å². The van der Waals surface area contributed by atoms with Crippen LogP contribution in [-0.4, -0.2) is 70.7 Å². The lowest BCUT2D eigenvalue weighted by Crippen LogP contribution is -2.38. The van der Waals surface area contributed by atoms with Crippen LogP contribution in [0.2, 0.25) is 0 Å². The third-order valence-electron chi connectivity index (χ3n) is 5.70. The molecule has 0 aromatic carbocycles. The number of hydrogen-bond donors (Lipinski definition) is 0. The molecule has 0 fully saturated rings. The zero-order valence-corrected chi connectivity index (χ0v) is 22.8. The fourth-order valence-corrected chi connectivity index (χ4v) is 4.87. The molecule has 0 aliphatic rings. The largest absolute Gasteiger partial charge is 0.778 e. The first-order valence-electron chi connectivity index (χ1n) is 13.1. The minimum absolute atomic E-state index is 0.0514. The Morgan fingerprint density at radius 1 is 0.818 bits per heavy atom. The van der Waals surface area contributed by atoms with Gasteiger partial charge in [0.05, 0.1) is 47.1 Å². The molecule has 7 nitrogen and oxygen atoms in total. The molecule has 0 amide bonds. The van der Waals surface area contributed by atoms with Gasteiger partial charge in [-0.3, -0.25) is 4.79 Å². The summed E-state index contributed by atoms with van der Waals surface area (Å²) >= 11 is 0. The molecular weight excluding hydrogens is 441 g/mol. The van der Waals surface area contributed by atoms with Crippen molar-refractivity contribution in [1.82, 2.24) is 0 Å². The molecule has 8 heteroatoms. The second kappa shape index (κ2) is 20.9. The van der Waals surface area contributed by atoms with Gasteiger partial charge in [0.1, 0.15) is 13.7 Å². The van der Waals surface area contributed by atoms with Crippen LogP contribution in [0.15, 0.2) is 0 Å². The van der Waals surface area contributed by atoms with Crippen molar-refractivity contribution in [3.63, 3.8) is 0 Å². The SMILES string of the molecule is CCCCCCCCCCCCCCCCOCC(COP(=O)([O-])CC[N+](C)(C)C)OC=O. The predicted molar refractivity (Wildman–Crippen MR) is 133 cm³/mol. The van der Waals surface area contributed by atoms with Gasteiger partial charge < -0.3 is 27.9 Å². The van der Waals surface area contributed by atoms with E-state index >= 15 is 0 Å². The molecule has 0 aromatic heterocycles. The molecular formula is C25H52NO6P. The van der Waals surface area contributed by atoms with Crippen LogP contribution in [0.4, 0.5) is 0 Å². The van der Waals surface area contributed by atoms with E-state index in [1.54, 1.807) is 0 Å². The predicted octanol–water partition coefficient (Wildman–Crippen LogP) is 5.30. The Hall–Kier alpha value is -0.460. The van der Waals surface area contributed by atoms with Gasteiger partial charge in [-0.2, -0.15) is 0 Å². The van der Waals surface area contributed by atoms with Crippen molar-refractivity contribution >= 4 is 14.1 Å². The standard InChI is InChI=1S/C25H52NO6P/c1-5-6-7-8-9-10-11-12-13-14-15-16-17-18-20-30-22-25(31-24-27)23-32-33(28,29)21-19-26(2,3)4/h24-25H,5-23H2,1-4H3. The molecule has 2 atom stereocenters. The molecule has 0 bridgehead atoms. The Labute approximate surface area is 203 Å². The highest BCUT2D eigenvalue weighted by atomic mass is 31.2. The molecule has 0 N–H and O–H groups in total. The number of hydrogen-bond acceptors (Lipinski definition) is 6. The third-order valence-corrected chi connectivity index (χ3v) is 6.99. The second-order valence-electron chi connectivity index (χ2n) is 10.2. The topological polar surface area (TPSA) is 84.9 Å². The fraction of sp³-hybridized carbons (Fsp3) is 0.960. The molecule has 2 unspecified atom stereocenters. The Bertz CT molecular complexity index is 498. The summed E-state index contributed by atoms with van der Waals surface area (Å²) < 4.78 is 28.1. The first-order chi connectivity index (χ1) is 15.7. The van der Waals surface area contributed by atoms with Gasteiger partial charge in [0, 0.05) is 6.61 Å². The third kappa shape index (κ3) is 24.5. The first kappa shape index (κ1) is 32.5. The number of rotatable bonds is 25. The molecule has 0 aromatic rings. The lowest BCUT2D eigenvalue weighted by atomic mass is 10.0. The summed E-state index contributed by atoms with van der Waals surface area (Å²) in [7, 11) is 1.80. The summed E-state index contributed by atoms with van der Waals surface area (Å²) in [5.74, 6) is 0. The van der Waals surface area contributed by atoms with E-state index in [9.17, 15) is 14.3 Å². The quantitative estimate of drug-likeness (QED) is 0.0742. The Morgan fingerprint density at radius 2 is 1.30 bits per heavy atom. The number of carbonyl (C=O) groups is 1. The lowest BCUT2D eigenvalue weighted by Gasteiger charge is -2.30. The minimum Gasteiger partial charge on any atom is -0.778 e. The number of unbranched alkanes of at least 4 members (excludes halogenated alkanes) is 13. The minimum atomic E-state index is -3.96. The van der Waals surface area contributed by atoms with E-state index in [1.165, 1.54) is 77.0 Å². The maximum Gasteiger partial charge on any atom is 0.293 e. The average Bonchev–Trinajstić information content (AvgIpc) is 2.75. The highest BCUT2D eigenvalue weighted by Gasteiger charge is 2.18. The van der Waals surface area contributed by atoms with Crippen LogP contribution in [0.25, 0.3) is 0 Å². The highest BCUT2D eigenvalue weighted by Crippen LogP contribution is 2.36. The molecule has 198 valence electrons. The summed E-state index contributed by atoms with van der Waals surface area (Å²) in [5, 5.41) is 0. The van der Waals surface area contributed by atoms with Gasteiger partial charge >= 0.3 is 0 Å². The van der Waals surface area contributed by atoms with Crippen molar-refractivity contribution in [3.05, 3.63) is 0 Å². The molecule has 0 aliphatic heterocycles. The number of ether oxygens (including phenoxy) is 2. The van der Waals surface area contributed by atoms with Crippen LogP contribution in [0.3, 0.4) is 0 Å². The molecule has 33 heavy (non-hydrogen) atoms. The van der Waals surface area contributed by atoms with Gasteiger partial charge in [-0.05, 0) is 6.42 Å². The van der Waals surface area contributed by atoms with Crippen LogP contribution < -0.4 is 4.89 Å². The zero-order chi connectivity index (χ0) is 24.8. The normalized spacial score (nSPS) is 14.7. The van der Waals surface area contributed by atoms with Crippen molar-refractivity contribution < 1.29 is 32.7 Å². The van der Waals surface area contributed by atoms with Gasteiger partial charge in [-0.1, -0.05) is 90.4 Å². The second-order valence-corrected chi connectivity index (χ2v) is 12.1. The first-order valence-corrected chi connectivity index (χ1v) is 14.8. The van der Waals surface area contributed by atoms with E-state index in [0.717, 1.165) is 12.8 Å². The summed E-state index contributed by atoms with van der Waals surface area (Å²) in [6.07, 6.45) is 17.5. The zero-order valence-electron chi connectivity index (χ0n) is 21.9. The maximum absolute atomic E-state index is 12.0. The Balaban J connectivity index is 3.64. The maximum atomic E-state index is 12.0. The number of quaternary nitrogens is 1. The number of carbonyl (C=O) groups excluding carboxylic acids is 1. The van der Waals surface area contributed by atoms with Gasteiger partial charge in [0.25, 0.3) is 6.47 Å². The van der Waals surface area contributed by atoms with Gasteiger partial charge in [-0.25, -0.2) is 0 Å². The molecule has 0 rings (SSSR count). The molecule has 0 radical (unpaired) electrons. The van der Waals surface area contributed by atoms with Gasteiger partial charge in [-0.15, -0.1) is 0 Å². The summed E-state index contributed by atoms with van der Waals surface area (Å²) in [4.78, 5) is 22.7. The average molecular weight is 494 g/mol. The van der Waals surface area contributed by atoms with E-state index in [4.69, 9.17) is 14.0 Å². The van der Waals surface area contributed by atoms with Crippen molar-refractivity contribution in [2.24, 2.45) is 0 Å². The Morgan fingerprint density at radius 3 is 1.76 bits per heavy atom. The number of nitrogens with zero attached hydrogens (tertiary/aromatic N) is 1. The lowest BCUT2D eigenvalue weighted by molar-refractivity contribution is -0.868. The molecule has 0 saturated heterocycles. The monoisotopic (exact) mass is 493 g/mol. The Kier molecular flexibility index (Phi) is 20.6. The van der Waals surface area contributed by atoms with Crippen LogP contribution in [0.1, 0.15) is 96.8 Å². The summed E-state index contributed by atoms with van der Waals surface area (Å²) in [5.41, 5.74) is 0. The van der Waals surface area contributed by atoms with Crippen LogP contribution in [0.5, 0.6) is 0 Å². The van der Waals surface area contributed by atoms with E-state index in [1.807, 2.05) is 21.1 Å². The smallest absolute Gasteiger partial charge is 0.293 e. The summed E-state index contributed by atoms with van der Waals surface area (Å²) in [6.45, 7) is 3.55. The van der Waals surface area contributed by atoms with E-state index < -0.39 is 13.7 Å². The van der Waals surface area contributed by atoms with Crippen LogP contribution in [0, 0.1) is 0 Å². The van der Waals surface area contributed by atoms with Crippen molar-refractivity contribution in [3.8, 4) is 0 Å². The van der Waals surface area contributed by atoms with E-state index in [-0.39, 0.29) is 19.4 Å². The fourth-order valence-electron chi connectivity index (χ4n) is 3.50. The van der Waals surface area contributed by atoms with E-state index in [2.05, 4.69) is 6.92 Å². The molecule has 0 saturated carbocycles. The molecule has 0 aliphatic carbocycles.